The van der Waals surface area contributed by atoms with E-state index in [0.717, 1.165) is 18.4 Å². The highest BCUT2D eigenvalue weighted by atomic mass is 16.6. The second kappa shape index (κ2) is 7.90. The zero-order chi connectivity index (χ0) is 19.5. The normalized spacial score (nSPS) is 25.7. The number of hydrogen-bond donors (Lipinski definition) is 0. The van der Waals surface area contributed by atoms with Crippen LogP contribution in [-0.4, -0.2) is 34.8 Å². The molecule has 1 saturated carbocycles. The lowest BCUT2D eigenvalue weighted by Crippen LogP contribution is -2.49. The van der Waals surface area contributed by atoms with Crippen LogP contribution in [-0.2, 0) is 16.1 Å². The summed E-state index contributed by atoms with van der Waals surface area (Å²) in [5.41, 5.74) is -0.318. The summed E-state index contributed by atoms with van der Waals surface area (Å²) in [6.45, 7) is 6.44. The van der Waals surface area contributed by atoms with Crippen LogP contribution < -0.4 is 0 Å². The molecule has 2 fully saturated rings. The third-order valence-corrected chi connectivity index (χ3v) is 5.47. The molecule has 1 amide bonds. The average Bonchev–Trinajstić information content (AvgIpc) is 2.95. The summed E-state index contributed by atoms with van der Waals surface area (Å²) in [5, 5.41) is 10.1. The topological polar surface area (TPSA) is 62.6 Å². The fourth-order valence-electron chi connectivity index (χ4n) is 3.92. The fraction of sp³-hybridized carbons (Fsp3) is 0.636. The molecule has 0 spiro atoms. The smallest absolute Gasteiger partial charge is 0.411 e. The number of rotatable bonds is 5. The van der Waals surface area contributed by atoms with Gasteiger partial charge in [-0.1, -0.05) is 49.6 Å². The van der Waals surface area contributed by atoms with Gasteiger partial charge < -0.3 is 9.47 Å². The second-order valence-corrected chi connectivity index (χ2v) is 8.86. The van der Waals surface area contributed by atoms with E-state index in [1.54, 1.807) is 4.90 Å². The fourth-order valence-corrected chi connectivity index (χ4v) is 3.92. The molecule has 1 heterocycles. The van der Waals surface area contributed by atoms with Gasteiger partial charge in [0.05, 0.1) is 25.3 Å². The van der Waals surface area contributed by atoms with E-state index in [9.17, 15) is 10.1 Å². The standard InChI is InChI=1S/C22H30N2O3/c1-21(2,3)27-20(25)24-14-19(26-15-18-8-5-4-6-9-18)13-22(24,16-23)12-17-10-7-11-17/h4-6,8-9,17,19H,7,10-15H2,1-3H3/t19-,22-/m0/s1. The molecule has 146 valence electrons. The van der Waals surface area contributed by atoms with Gasteiger partial charge in [0.25, 0.3) is 0 Å². The van der Waals surface area contributed by atoms with E-state index in [4.69, 9.17) is 9.47 Å². The third kappa shape index (κ3) is 4.81. The van der Waals surface area contributed by atoms with Crippen molar-refractivity contribution in [3.63, 3.8) is 0 Å². The summed E-state index contributed by atoms with van der Waals surface area (Å²) in [4.78, 5) is 14.5. The molecule has 2 atom stereocenters. The first-order valence-electron chi connectivity index (χ1n) is 9.89. The molecule has 1 aromatic rings. The van der Waals surface area contributed by atoms with E-state index in [-0.39, 0.29) is 6.10 Å². The Morgan fingerprint density at radius 2 is 2.00 bits per heavy atom. The van der Waals surface area contributed by atoms with Crippen LogP contribution in [0.3, 0.4) is 0 Å². The molecule has 0 N–H and O–H groups in total. The third-order valence-electron chi connectivity index (χ3n) is 5.47. The van der Waals surface area contributed by atoms with Crippen molar-refractivity contribution in [2.24, 2.45) is 5.92 Å². The van der Waals surface area contributed by atoms with Gasteiger partial charge in [-0.2, -0.15) is 5.26 Å². The van der Waals surface area contributed by atoms with Crippen LogP contribution in [0.4, 0.5) is 4.79 Å². The first-order valence-corrected chi connectivity index (χ1v) is 9.89. The van der Waals surface area contributed by atoms with Crippen molar-refractivity contribution in [3.8, 4) is 6.07 Å². The molecule has 1 saturated heterocycles. The van der Waals surface area contributed by atoms with Crippen LogP contribution in [0.1, 0.15) is 58.4 Å². The summed E-state index contributed by atoms with van der Waals surface area (Å²) in [6, 6.07) is 12.4. The Labute approximate surface area is 162 Å². The molecule has 0 aromatic heterocycles. The molecular formula is C22H30N2O3. The molecule has 27 heavy (non-hydrogen) atoms. The first kappa shape index (κ1) is 19.7. The van der Waals surface area contributed by atoms with Gasteiger partial charge in [-0.25, -0.2) is 4.79 Å². The lowest BCUT2D eigenvalue weighted by atomic mass is 9.75. The second-order valence-electron chi connectivity index (χ2n) is 8.86. The van der Waals surface area contributed by atoms with Crippen molar-refractivity contribution in [2.75, 3.05) is 6.54 Å². The van der Waals surface area contributed by atoms with Gasteiger partial charge in [0.2, 0.25) is 0 Å². The van der Waals surface area contributed by atoms with Crippen molar-refractivity contribution in [1.29, 1.82) is 5.26 Å². The number of carbonyl (C=O) groups excluding carboxylic acids is 1. The SMILES string of the molecule is CC(C)(C)OC(=O)N1C[C@@H](OCc2ccccc2)C[C@]1(C#N)CC1CCC1. The van der Waals surface area contributed by atoms with Gasteiger partial charge in [0, 0.05) is 6.42 Å². The Balaban J connectivity index is 1.73. The summed E-state index contributed by atoms with van der Waals surface area (Å²) in [6.07, 6.45) is 4.20. The van der Waals surface area contributed by atoms with Gasteiger partial charge in [-0.15, -0.1) is 0 Å². The molecule has 0 bridgehead atoms. The van der Waals surface area contributed by atoms with Gasteiger partial charge in [0.1, 0.15) is 11.1 Å². The molecule has 5 nitrogen and oxygen atoms in total. The van der Waals surface area contributed by atoms with Gasteiger partial charge in [-0.05, 0) is 38.7 Å². The Morgan fingerprint density at radius 3 is 2.56 bits per heavy atom. The van der Waals surface area contributed by atoms with Gasteiger partial charge >= 0.3 is 6.09 Å². The quantitative estimate of drug-likeness (QED) is 0.756. The first-order chi connectivity index (χ1) is 12.8. The molecule has 1 aromatic carbocycles. The molecule has 2 aliphatic rings. The maximum Gasteiger partial charge on any atom is 0.411 e. The zero-order valence-electron chi connectivity index (χ0n) is 16.6. The van der Waals surface area contributed by atoms with Crippen molar-refractivity contribution in [2.45, 2.75) is 76.7 Å². The molecule has 1 aliphatic carbocycles. The Kier molecular flexibility index (Phi) is 5.76. The molecule has 0 unspecified atom stereocenters. The van der Waals surface area contributed by atoms with Crippen LogP contribution in [0.25, 0.3) is 0 Å². The molecule has 0 radical (unpaired) electrons. The van der Waals surface area contributed by atoms with E-state index in [0.29, 0.717) is 31.9 Å². The zero-order valence-corrected chi connectivity index (χ0v) is 16.6. The van der Waals surface area contributed by atoms with Crippen molar-refractivity contribution in [3.05, 3.63) is 35.9 Å². The number of hydrogen-bond acceptors (Lipinski definition) is 4. The summed E-state index contributed by atoms with van der Waals surface area (Å²) in [5.74, 6) is 0.516. The number of nitrogens with zero attached hydrogens (tertiary/aromatic N) is 2. The van der Waals surface area contributed by atoms with Crippen LogP contribution in [0, 0.1) is 17.2 Å². The number of nitriles is 1. The predicted octanol–water partition coefficient (Wildman–Crippen LogP) is 4.67. The minimum absolute atomic E-state index is 0.155. The Hall–Kier alpha value is -2.06. The van der Waals surface area contributed by atoms with E-state index in [2.05, 4.69) is 6.07 Å². The summed E-state index contributed by atoms with van der Waals surface area (Å²) >= 11 is 0. The van der Waals surface area contributed by atoms with E-state index >= 15 is 0 Å². The number of carbonyl (C=O) groups is 1. The highest BCUT2D eigenvalue weighted by Gasteiger charge is 2.51. The minimum Gasteiger partial charge on any atom is -0.444 e. The summed E-state index contributed by atoms with van der Waals surface area (Å²) in [7, 11) is 0. The largest absolute Gasteiger partial charge is 0.444 e. The monoisotopic (exact) mass is 370 g/mol. The Morgan fingerprint density at radius 1 is 1.30 bits per heavy atom. The molecule has 1 aliphatic heterocycles. The lowest BCUT2D eigenvalue weighted by molar-refractivity contribution is 0.00739. The lowest BCUT2D eigenvalue weighted by Gasteiger charge is -2.38. The van der Waals surface area contributed by atoms with Crippen molar-refractivity contribution in [1.82, 2.24) is 4.90 Å². The van der Waals surface area contributed by atoms with Crippen molar-refractivity contribution >= 4 is 6.09 Å². The van der Waals surface area contributed by atoms with Crippen LogP contribution in [0.5, 0.6) is 0 Å². The number of ether oxygens (including phenoxy) is 2. The molecular weight excluding hydrogens is 340 g/mol. The minimum atomic E-state index is -0.825. The average molecular weight is 370 g/mol. The number of amides is 1. The van der Waals surface area contributed by atoms with E-state index in [1.807, 2.05) is 51.1 Å². The van der Waals surface area contributed by atoms with Gasteiger partial charge in [-0.3, -0.25) is 4.90 Å². The number of likely N-dealkylation sites (tertiary alicyclic amines) is 1. The van der Waals surface area contributed by atoms with Crippen LogP contribution in [0.2, 0.25) is 0 Å². The highest BCUT2D eigenvalue weighted by molar-refractivity contribution is 5.70. The van der Waals surface area contributed by atoms with Crippen LogP contribution in [0.15, 0.2) is 30.3 Å². The summed E-state index contributed by atoms with van der Waals surface area (Å²) < 4.78 is 11.7. The van der Waals surface area contributed by atoms with E-state index < -0.39 is 17.2 Å². The number of benzene rings is 1. The van der Waals surface area contributed by atoms with Crippen molar-refractivity contribution < 1.29 is 14.3 Å². The predicted molar refractivity (Wildman–Crippen MR) is 103 cm³/mol. The Bertz CT molecular complexity index is 688. The molecule has 5 heteroatoms. The van der Waals surface area contributed by atoms with Gasteiger partial charge in [0.15, 0.2) is 0 Å². The van der Waals surface area contributed by atoms with Crippen LogP contribution >= 0.6 is 0 Å². The molecule has 3 rings (SSSR count). The van der Waals surface area contributed by atoms with E-state index in [1.165, 1.54) is 6.42 Å². The highest BCUT2D eigenvalue weighted by Crippen LogP contribution is 2.42. The maximum atomic E-state index is 12.8. The maximum absolute atomic E-state index is 12.8.